The summed E-state index contributed by atoms with van der Waals surface area (Å²) in [6.07, 6.45) is -1.11. The summed E-state index contributed by atoms with van der Waals surface area (Å²) in [5.41, 5.74) is 0.412. The van der Waals surface area contributed by atoms with Crippen LogP contribution < -0.4 is 9.62 Å². The van der Waals surface area contributed by atoms with Gasteiger partial charge in [0.1, 0.15) is 16.7 Å². The number of anilines is 2. The van der Waals surface area contributed by atoms with Crippen LogP contribution in [0.5, 0.6) is 0 Å². The van der Waals surface area contributed by atoms with Gasteiger partial charge in [0, 0.05) is 30.6 Å². The van der Waals surface area contributed by atoms with Crippen molar-refractivity contribution >= 4 is 29.6 Å². The molecule has 0 radical (unpaired) electrons. The van der Waals surface area contributed by atoms with Crippen LogP contribution in [0.3, 0.4) is 0 Å². The minimum atomic E-state index is -4.52. The van der Waals surface area contributed by atoms with Gasteiger partial charge in [-0.3, -0.25) is 4.79 Å². The molecule has 3 heterocycles. The second-order valence-corrected chi connectivity index (χ2v) is 10.7. The van der Waals surface area contributed by atoms with Crippen molar-refractivity contribution in [3.05, 3.63) is 65.7 Å². The van der Waals surface area contributed by atoms with Crippen molar-refractivity contribution in [1.82, 2.24) is 9.97 Å². The molecule has 0 atom stereocenters. The number of pyridine rings is 2. The number of piperidine rings is 1. The first kappa shape index (κ1) is 25.4. The molecule has 0 amide bonds. The zero-order valence-electron chi connectivity index (χ0n) is 20.3. The maximum Gasteiger partial charge on any atom is 0.418 e. The summed E-state index contributed by atoms with van der Waals surface area (Å²) < 4.78 is 44.1. The fourth-order valence-electron chi connectivity index (χ4n) is 5.31. The van der Waals surface area contributed by atoms with E-state index in [4.69, 9.17) is 4.98 Å². The molecule has 0 bridgehead atoms. The number of carboxylic acids is 1. The quantitative estimate of drug-likeness (QED) is 0.346. The molecular formula is C27H27F3N4O2S. The third-order valence-corrected chi connectivity index (χ3v) is 8.17. The van der Waals surface area contributed by atoms with Gasteiger partial charge in [0.25, 0.3) is 0 Å². The highest BCUT2D eigenvalue weighted by Gasteiger charge is 2.48. The molecule has 10 heteroatoms. The SMILES string of the molecule is Cc1ccccc1-c1nc(NSc2cccc(N3CCC4(CC3)CC(C(=O)O)C4)n2)ccc1C(F)(F)F. The molecule has 2 aromatic heterocycles. The van der Waals surface area contributed by atoms with E-state index in [1.54, 1.807) is 31.2 Å². The van der Waals surface area contributed by atoms with Crippen LogP contribution in [-0.2, 0) is 11.0 Å². The van der Waals surface area contributed by atoms with E-state index in [2.05, 4.69) is 14.6 Å². The molecule has 37 heavy (non-hydrogen) atoms. The minimum Gasteiger partial charge on any atom is -0.481 e. The number of hydrogen-bond acceptors (Lipinski definition) is 6. The Labute approximate surface area is 217 Å². The lowest BCUT2D eigenvalue weighted by atomic mass is 9.57. The molecule has 5 rings (SSSR count). The van der Waals surface area contributed by atoms with Crippen LogP contribution in [-0.4, -0.2) is 34.1 Å². The Morgan fingerprint density at radius 2 is 1.78 bits per heavy atom. The Hall–Kier alpha value is -3.27. The lowest BCUT2D eigenvalue weighted by Gasteiger charge is -2.51. The van der Waals surface area contributed by atoms with Gasteiger partial charge in [-0.2, -0.15) is 13.2 Å². The van der Waals surface area contributed by atoms with Gasteiger partial charge in [0.2, 0.25) is 0 Å². The maximum absolute atomic E-state index is 13.7. The number of hydrogen-bond donors (Lipinski definition) is 2. The summed E-state index contributed by atoms with van der Waals surface area (Å²) in [7, 11) is 0. The summed E-state index contributed by atoms with van der Waals surface area (Å²) >= 11 is 1.20. The van der Waals surface area contributed by atoms with Crippen LogP contribution >= 0.6 is 11.9 Å². The predicted octanol–water partition coefficient (Wildman–Crippen LogP) is 6.67. The Morgan fingerprint density at radius 1 is 1.05 bits per heavy atom. The number of carbonyl (C=O) groups is 1. The zero-order chi connectivity index (χ0) is 26.2. The Balaban J connectivity index is 1.27. The van der Waals surface area contributed by atoms with Gasteiger partial charge in [0.15, 0.2) is 0 Å². The number of nitrogens with one attached hydrogen (secondary N) is 1. The van der Waals surface area contributed by atoms with E-state index in [1.807, 2.05) is 18.2 Å². The number of nitrogens with zero attached hydrogens (tertiary/aromatic N) is 3. The molecule has 1 aromatic carbocycles. The van der Waals surface area contributed by atoms with Crippen LogP contribution in [0.15, 0.2) is 59.6 Å². The van der Waals surface area contributed by atoms with Crippen molar-refractivity contribution in [2.45, 2.75) is 43.8 Å². The third kappa shape index (κ3) is 5.39. The molecule has 6 nitrogen and oxygen atoms in total. The molecule has 1 saturated heterocycles. The van der Waals surface area contributed by atoms with Crippen LogP contribution in [0.2, 0.25) is 0 Å². The van der Waals surface area contributed by atoms with E-state index < -0.39 is 17.7 Å². The monoisotopic (exact) mass is 528 g/mol. The highest BCUT2D eigenvalue weighted by Crippen LogP contribution is 2.52. The molecule has 2 aliphatic rings. The van der Waals surface area contributed by atoms with Crippen molar-refractivity contribution in [1.29, 1.82) is 0 Å². The average Bonchev–Trinajstić information content (AvgIpc) is 2.86. The van der Waals surface area contributed by atoms with Gasteiger partial charge in [0.05, 0.1) is 17.2 Å². The van der Waals surface area contributed by atoms with Gasteiger partial charge >= 0.3 is 12.1 Å². The molecule has 1 saturated carbocycles. The topological polar surface area (TPSA) is 78.4 Å². The summed E-state index contributed by atoms with van der Waals surface area (Å²) in [4.78, 5) is 22.4. The summed E-state index contributed by atoms with van der Waals surface area (Å²) in [6.45, 7) is 3.40. The molecule has 1 spiro atoms. The fourth-order valence-corrected chi connectivity index (χ4v) is 5.92. The number of aromatic nitrogens is 2. The number of carboxylic acid groups (broad SMARTS) is 1. The van der Waals surface area contributed by atoms with Crippen molar-refractivity contribution in [3.63, 3.8) is 0 Å². The standard InChI is InChI=1S/C27H27F3N4O2S/c1-17-5-2-3-6-19(17)24-20(27(28,29)30)9-10-21(31-24)33-37-23-8-4-7-22(32-23)34-13-11-26(12-14-34)15-18(16-26)25(35)36/h2-10,18H,11-16H2,1H3,(H,31,33)(H,35,36). The Morgan fingerprint density at radius 3 is 2.46 bits per heavy atom. The van der Waals surface area contributed by atoms with Crippen LogP contribution in [0.1, 0.15) is 36.8 Å². The smallest absolute Gasteiger partial charge is 0.418 e. The van der Waals surface area contributed by atoms with E-state index in [1.165, 1.54) is 18.0 Å². The minimum absolute atomic E-state index is 0.110. The van der Waals surface area contributed by atoms with Crippen molar-refractivity contribution < 1.29 is 23.1 Å². The first-order valence-corrected chi connectivity index (χ1v) is 13.0. The molecule has 3 aromatic rings. The number of benzene rings is 1. The second-order valence-electron chi connectivity index (χ2n) is 9.87. The molecule has 1 aliphatic carbocycles. The van der Waals surface area contributed by atoms with Crippen LogP contribution in [0, 0.1) is 18.3 Å². The first-order chi connectivity index (χ1) is 17.6. The summed E-state index contributed by atoms with van der Waals surface area (Å²) in [5.74, 6) is 0.235. The normalized spacial score (nSPS) is 17.5. The maximum atomic E-state index is 13.7. The van der Waals surface area contributed by atoms with Gasteiger partial charge < -0.3 is 14.7 Å². The highest BCUT2D eigenvalue weighted by atomic mass is 32.2. The number of aliphatic carboxylic acids is 1. The number of halogens is 3. The first-order valence-electron chi connectivity index (χ1n) is 12.2. The van der Waals surface area contributed by atoms with Crippen LogP contribution in [0.25, 0.3) is 11.3 Å². The van der Waals surface area contributed by atoms with E-state index in [0.29, 0.717) is 22.0 Å². The predicted molar refractivity (Wildman–Crippen MR) is 137 cm³/mol. The molecule has 1 aliphatic heterocycles. The van der Waals surface area contributed by atoms with Crippen molar-refractivity contribution in [2.24, 2.45) is 11.3 Å². The molecule has 2 N–H and O–H groups in total. The number of alkyl halides is 3. The molecule has 0 unspecified atom stereocenters. The Kier molecular flexibility index (Phi) is 6.78. The molecular weight excluding hydrogens is 501 g/mol. The van der Waals surface area contributed by atoms with E-state index >= 15 is 0 Å². The Bertz CT molecular complexity index is 1300. The molecule has 194 valence electrons. The number of aryl methyl sites for hydroxylation is 1. The van der Waals surface area contributed by atoms with Gasteiger partial charge in [-0.1, -0.05) is 30.3 Å². The van der Waals surface area contributed by atoms with Crippen molar-refractivity contribution in [2.75, 3.05) is 22.7 Å². The number of rotatable bonds is 6. The van der Waals surface area contributed by atoms with Gasteiger partial charge in [-0.05, 0) is 67.9 Å². The summed E-state index contributed by atoms with van der Waals surface area (Å²) in [5, 5.41) is 9.86. The van der Waals surface area contributed by atoms with Crippen LogP contribution in [0.4, 0.5) is 24.8 Å². The third-order valence-electron chi connectivity index (χ3n) is 7.43. The van der Waals surface area contributed by atoms with Gasteiger partial charge in [-0.25, -0.2) is 9.97 Å². The largest absolute Gasteiger partial charge is 0.481 e. The average molecular weight is 529 g/mol. The van der Waals surface area contributed by atoms with Gasteiger partial charge in [-0.15, -0.1) is 0 Å². The van der Waals surface area contributed by atoms with E-state index in [0.717, 1.165) is 50.7 Å². The van der Waals surface area contributed by atoms with E-state index in [9.17, 15) is 23.1 Å². The lowest BCUT2D eigenvalue weighted by Crippen LogP contribution is -2.49. The second kappa shape index (κ2) is 9.89. The summed E-state index contributed by atoms with van der Waals surface area (Å²) in [6, 6.07) is 14.9. The lowest BCUT2D eigenvalue weighted by molar-refractivity contribution is -0.151. The highest BCUT2D eigenvalue weighted by molar-refractivity contribution is 8.00. The van der Waals surface area contributed by atoms with Crippen molar-refractivity contribution in [3.8, 4) is 11.3 Å². The molecule has 2 fully saturated rings. The zero-order valence-corrected chi connectivity index (χ0v) is 21.1. The van der Waals surface area contributed by atoms with E-state index in [-0.39, 0.29) is 17.0 Å². The fraction of sp³-hybridized carbons (Fsp3) is 0.370.